The molecule has 1 atom stereocenters. The molecule has 160 valence electrons. The largest absolute Gasteiger partial charge is 0.317 e. The molecule has 3 rings (SSSR count). The Labute approximate surface area is 172 Å². The molecule has 0 bridgehead atoms. The predicted molar refractivity (Wildman–Crippen MR) is 117 cm³/mol. The summed E-state index contributed by atoms with van der Waals surface area (Å²) in [5, 5.41) is 6.92. The molecule has 1 unspecified atom stereocenters. The molecule has 0 aromatic heterocycles. The van der Waals surface area contributed by atoms with Gasteiger partial charge in [-0.2, -0.15) is 4.31 Å². The Kier molecular flexibility index (Phi) is 9.92. The molecule has 2 saturated heterocycles. The normalized spacial score (nSPS) is 21.2. The van der Waals surface area contributed by atoms with Crippen LogP contribution in [0.2, 0.25) is 0 Å². The molecule has 2 aliphatic heterocycles. The fraction of sp³-hybridized carbons (Fsp3) is 0.727. The summed E-state index contributed by atoms with van der Waals surface area (Å²) in [5.74, 6) is 0. The first kappa shape index (κ1) is 23.3. The number of sulfonamides is 1. The fourth-order valence-electron chi connectivity index (χ4n) is 4.10. The molecule has 2 N–H and O–H groups in total. The molecule has 5 nitrogen and oxygen atoms in total. The van der Waals surface area contributed by atoms with Gasteiger partial charge in [0.1, 0.15) is 0 Å². The first-order valence-corrected chi connectivity index (χ1v) is 12.5. The number of hydrogen-bond donors (Lipinski definition) is 2. The second-order valence-corrected chi connectivity index (χ2v) is 9.59. The van der Waals surface area contributed by atoms with Crippen molar-refractivity contribution in [3.8, 4) is 0 Å². The van der Waals surface area contributed by atoms with Gasteiger partial charge in [-0.1, -0.05) is 38.0 Å². The molecular formula is C22H39N3O2S. The molecule has 6 heteroatoms. The molecule has 1 aromatic rings. The molecule has 0 radical (unpaired) electrons. The van der Waals surface area contributed by atoms with Crippen molar-refractivity contribution < 1.29 is 8.42 Å². The summed E-state index contributed by atoms with van der Waals surface area (Å²) >= 11 is 0. The maximum atomic E-state index is 13.3. The Morgan fingerprint density at radius 3 is 2.29 bits per heavy atom. The third-order valence-corrected chi connectivity index (χ3v) is 7.65. The monoisotopic (exact) mass is 409 g/mol. The van der Waals surface area contributed by atoms with E-state index < -0.39 is 10.0 Å². The van der Waals surface area contributed by atoms with Gasteiger partial charge in [-0.3, -0.25) is 0 Å². The van der Waals surface area contributed by atoms with Gasteiger partial charge in [-0.15, -0.1) is 0 Å². The molecule has 0 amide bonds. The summed E-state index contributed by atoms with van der Waals surface area (Å²) in [4.78, 5) is 0.428. The van der Waals surface area contributed by atoms with E-state index in [4.69, 9.17) is 0 Å². The number of benzene rings is 1. The molecule has 1 aromatic carbocycles. The van der Waals surface area contributed by atoms with Crippen LogP contribution in [-0.4, -0.2) is 51.0 Å². The predicted octanol–water partition coefficient (Wildman–Crippen LogP) is 3.69. The Morgan fingerprint density at radius 2 is 1.68 bits per heavy atom. The van der Waals surface area contributed by atoms with Crippen LogP contribution >= 0.6 is 0 Å². The van der Waals surface area contributed by atoms with Crippen LogP contribution in [0.5, 0.6) is 0 Å². The lowest BCUT2D eigenvalue weighted by Crippen LogP contribution is -2.46. The zero-order chi connectivity index (χ0) is 20.4. The zero-order valence-corrected chi connectivity index (χ0v) is 18.7. The Morgan fingerprint density at radius 1 is 1.00 bits per heavy atom. The number of rotatable bonds is 7. The first-order valence-electron chi connectivity index (χ1n) is 11.1. The van der Waals surface area contributed by atoms with Crippen molar-refractivity contribution in [2.24, 2.45) is 0 Å². The minimum Gasteiger partial charge on any atom is -0.317 e. The van der Waals surface area contributed by atoms with Gasteiger partial charge in [0.05, 0.1) is 4.90 Å². The number of hydrogen-bond acceptors (Lipinski definition) is 4. The quantitative estimate of drug-likeness (QED) is 0.721. The van der Waals surface area contributed by atoms with Crippen LogP contribution in [0, 0.1) is 6.92 Å². The highest BCUT2D eigenvalue weighted by Crippen LogP contribution is 2.24. The fourth-order valence-corrected chi connectivity index (χ4v) is 5.83. The van der Waals surface area contributed by atoms with E-state index in [9.17, 15) is 8.42 Å². The van der Waals surface area contributed by atoms with Crippen molar-refractivity contribution in [3.63, 3.8) is 0 Å². The summed E-state index contributed by atoms with van der Waals surface area (Å²) in [5.41, 5.74) is 1.08. The van der Waals surface area contributed by atoms with Crippen molar-refractivity contribution in [3.05, 3.63) is 29.8 Å². The number of nitrogens with one attached hydrogen (secondary N) is 2. The van der Waals surface area contributed by atoms with Crippen LogP contribution in [0.3, 0.4) is 0 Å². The molecule has 28 heavy (non-hydrogen) atoms. The van der Waals surface area contributed by atoms with Crippen molar-refractivity contribution >= 4 is 10.0 Å². The molecule has 2 heterocycles. The van der Waals surface area contributed by atoms with Gasteiger partial charge in [0.15, 0.2) is 0 Å². The van der Waals surface area contributed by atoms with Crippen molar-refractivity contribution in [1.82, 2.24) is 14.9 Å². The summed E-state index contributed by atoms with van der Waals surface area (Å²) in [6.45, 7) is 9.51. The average Bonchev–Trinajstić information content (AvgIpc) is 2.74. The van der Waals surface area contributed by atoms with Crippen LogP contribution in [0.25, 0.3) is 0 Å². The number of aryl methyl sites for hydroxylation is 1. The lowest BCUT2D eigenvalue weighted by molar-refractivity contribution is 0.252. The minimum absolute atomic E-state index is 0.113. The average molecular weight is 410 g/mol. The van der Waals surface area contributed by atoms with Gasteiger partial charge in [0.2, 0.25) is 10.0 Å². The Hall–Kier alpha value is -0.950. The SMILES string of the molecule is CC.Cc1ccc(S(=O)(=O)N(CCCC2CCCCN2)C2CCNCC2)cc1. The van der Waals surface area contributed by atoms with Gasteiger partial charge >= 0.3 is 0 Å². The summed E-state index contributed by atoms with van der Waals surface area (Å²) in [6.07, 6.45) is 7.55. The van der Waals surface area contributed by atoms with E-state index in [1.807, 2.05) is 32.9 Å². The van der Waals surface area contributed by atoms with Crippen molar-refractivity contribution in [2.75, 3.05) is 26.2 Å². The van der Waals surface area contributed by atoms with E-state index in [2.05, 4.69) is 10.6 Å². The molecule has 0 saturated carbocycles. The first-order chi connectivity index (χ1) is 13.6. The molecule has 2 fully saturated rings. The standard InChI is InChI=1S/C20H33N3O2S.C2H6/c1-17-7-9-20(10-8-17)26(24,25)23(19-11-14-21-15-12-19)16-4-6-18-5-2-3-13-22-18;1-2/h7-10,18-19,21-22H,2-6,11-16H2,1H3;1-2H3. The highest BCUT2D eigenvalue weighted by atomic mass is 32.2. The maximum absolute atomic E-state index is 13.3. The zero-order valence-electron chi connectivity index (χ0n) is 17.9. The van der Waals surface area contributed by atoms with Crippen molar-refractivity contribution in [1.29, 1.82) is 0 Å². The molecule has 0 spiro atoms. The van der Waals surface area contributed by atoms with Gasteiger partial charge in [-0.25, -0.2) is 8.42 Å². The van der Waals surface area contributed by atoms with E-state index in [1.165, 1.54) is 19.3 Å². The van der Waals surface area contributed by atoms with Crippen LogP contribution in [0.1, 0.15) is 64.4 Å². The number of piperidine rings is 2. The van der Waals surface area contributed by atoms with Gasteiger partial charge < -0.3 is 10.6 Å². The van der Waals surface area contributed by atoms with Crippen LogP contribution in [0.4, 0.5) is 0 Å². The second-order valence-electron chi connectivity index (χ2n) is 7.70. The van der Waals surface area contributed by atoms with E-state index >= 15 is 0 Å². The number of nitrogens with zero attached hydrogens (tertiary/aromatic N) is 1. The highest BCUT2D eigenvalue weighted by molar-refractivity contribution is 7.89. The Balaban J connectivity index is 0.00000136. The second kappa shape index (κ2) is 11.9. The molecule has 2 aliphatic rings. The third-order valence-electron chi connectivity index (χ3n) is 5.69. The van der Waals surface area contributed by atoms with Crippen LogP contribution < -0.4 is 10.6 Å². The van der Waals surface area contributed by atoms with E-state index in [1.54, 1.807) is 16.4 Å². The van der Waals surface area contributed by atoms with Gasteiger partial charge in [0, 0.05) is 18.6 Å². The van der Waals surface area contributed by atoms with E-state index in [0.29, 0.717) is 17.5 Å². The molecule has 0 aliphatic carbocycles. The van der Waals surface area contributed by atoms with E-state index in [0.717, 1.165) is 50.9 Å². The van der Waals surface area contributed by atoms with Gasteiger partial charge in [0.25, 0.3) is 0 Å². The van der Waals surface area contributed by atoms with Gasteiger partial charge in [-0.05, 0) is 77.2 Å². The van der Waals surface area contributed by atoms with Crippen LogP contribution in [-0.2, 0) is 10.0 Å². The minimum atomic E-state index is -3.44. The summed E-state index contributed by atoms with van der Waals surface area (Å²) < 4.78 is 28.4. The topological polar surface area (TPSA) is 61.4 Å². The molecular weight excluding hydrogens is 370 g/mol. The smallest absolute Gasteiger partial charge is 0.243 e. The highest BCUT2D eigenvalue weighted by Gasteiger charge is 2.32. The lowest BCUT2D eigenvalue weighted by atomic mass is 10.0. The summed E-state index contributed by atoms with van der Waals surface area (Å²) in [7, 11) is -3.44. The van der Waals surface area contributed by atoms with Crippen molar-refractivity contribution in [2.45, 2.75) is 82.7 Å². The van der Waals surface area contributed by atoms with E-state index in [-0.39, 0.29) is 6.04 Å². The maximum Gasteiger partial charge on any atom is 0.243 e. The Bertz CT molecular complexity index is 649. The summed E-state index contributed by atoms with van der Waals surface area (Å²) in [6, 6.07) is 7.95. The lowest BCUT2D eigenvalue weighted by Gasteiger charge is -2.34. The van der Waals surface area contributed by atoms with Crippen LogP contribution in [0.15, 0.2) is 29.2 Å². The third kappa shape index (κ3) is 6.55.